The minimum Gasteiger partial charge on any atom is -0.507 e. The number of anilines is 1. The first-order valence-corrected chi connectivity index (χ1v) is 11.9. The van der Waals surface area contributed by atoms with Crippen molar-refractivity contribution in [2.75, 3.05) is 45.2 Å². The highest BCUT2D eigenvalue weighted by atomic mass is 16.5. The number of amides is 2. The quantitative estimate of drug-likeness (QED) is 0.357. The summed E-state index contributed by atoms with van der Waals surface area (Å²) in [6.07, 6.45) is 0.694. The van der Waals surface area contributed by atoms with E-state index in [4.69, 9.17) is 4.74 Å². The van der Waals surface area contributed by atoms with Crippen LogP contribution in [0.1, 0.15) is 31.4 Å². The monoisotopic (exact) mass is 477 g/mol. The molecule has 2 aliphatic heterocycles. The maximum Gasteiger partial charge on any atom is 0.296 e. The van der Waals surface area contributed by atoms with Crippen LogP contribution in [-0.4, -0.2) is 72.8 Å². The van der Waals surface area contributed by atoms with E-state index in [1.54, 1.807) is 41.3 Å². The highest BCUT2D eigenvalue weighted by Gasteiger charge is 2.66. The van der Waals surface area contributed by atoms with Crippen molar-refractivity contribution in [2.24, 2.45) is 0 Å². The first kappa shape index (κ1) is 24.5. The van der Waals surface area contributed by atoms with Gasteiger partial charge in [-0.1, -0.05) is 25.1 Å². The van der Waals surface area contributed by atoms with Gasteiger partial charge < -0.3 is 24.5 Å². The SMILES string of the molecule is CCCN1C(=O)C2(/C(=C(\O)c3ccc(OCC)cc3)C(=O)C(=O)N2CCN(C)C)c2ccccc21. The Morgan fingerprint density at radius 1 is 1.00 bits per heavy atom. The van der Waals surface area contributed by atoms with Crippen molar-refractivity contribution in [2.45, 2.75) is 25.8 Å². The molecule has 2 amide bonds. The summed E-state index contributed by atoms with van der Waals surface area (Å²) in [6.45, 7) is 5.34. The van der Waals surface area contributed by atoms with Crippen LogP contribution >= 0.6 is 0 Å². The normalized spacial score (nSPS) is 20.9. The number of ketones is 1. The Morgan fingerprint density at radius 2 is 1.69 bits per heavy atom. The number of carbonyl (C=O) groups excluding carboxylic acids is 3. The third-order valence-corrected chi connectivity index (χ3v) is 6.47. The van der Waals surface area contributed by atoms with Crippen molar-refractivity contribution in [3.8, 4) is 5.75 Å². The Kier molecular flexibility index (Phi) is 6.67. The van der Waals surface area contributed by atoms with E-state index in [9.17, 15) is 19.5 Å². The molecule has 2 aromatic rings. The molecule has 1 fully saturated rings. The number of ether oxygens (including phenoxy) is 1. The lowest BCUT2D eigenvalue weighted by Crippen LogP contribution is -2.53. The molecular weight excluding hydrogens is 446 g/mol. The topological polar surface area (TPSA) is 90.4 Å². The second kappa shape index (κ2) is 9.54. The first-order chi connectivity index (χ1) is 16.8. The van der Waals surface area contributed by atoms with Crippen LogP contribution in [-0.2, 0) is 19.9 Å². The van der Waals surface area contributed by atoms with Gasteiger partial charge in [0.05, 0.1) is 17.9 Å². The Bertz CT molecular complexity index is 1190. The molecule has 35 heavy (non-hydrogen) atoms. The number of likely N-dealkylation sites (tertiary alicyclic amines) is 1. The molecule has 2 aromatic carbocycles. The summed E-state index contributed by atoms with van der Waals surface area (Å²) in [6, 6.07) is 13.8. The molecule has 0 saturated carbocycles. The molecule has 0 aromatic heterocycles. The third kappa shape index (κ3) is 3.78. The highest BCUT2D eigenvalue weighted by molar-refractivity contribution is 6.50. The molecule has 8 heteroatoms. The van der Waals surface area contributed by atoms with Crippen molar-refractivity contribution in [3.05, 3.63) is 65.2 Å². The summed E-state index contributed by atoms with van der Waals surface area (Å²) in [5.41, 5.74) is -0.407. The maximum absolute atomic E-state index is 14.2. The van der Waals surface area contributed by atoms with Crippen molar-refractivity contribution >= 4 is 29.0 Å². The third-order valence-electron chi connectivity index (χ3n) is 6.47. The lowest BCUT2D eigenvalue weighted by atomic mass is 9.82. The van der Waals surface area contributed by atoms with E-state index in [1.165, 1.54) is 4.90 Å². The van der Waals surface area contributed by atoms with Crippen LogP contribution in [0.25, 0.3) is 5.76 Å². The predicted molar refractivity (Wildman–Crippen MR) is 133 cm³/mol. The highest BCUT2D eigenvalue weighted by Crippen LogP contribution is 2.53. The maximum atomic E-state index is 14.2. The minimum absolute atomic E-state index is 0.150. The molecule has 4 rings (SSSR count). The van der Waals surface area contributed by atoms with Crippen molar-refractivity contribution in [3.63, 3.8) is 0 Å². The van der Waals surface area contributed by atoms with E-state index in [0.717, 1.165) is 0 Å². The minimum atomic E-state index is -1.72. The van der Waals surface area contributed by atoms with E-state index in [-0.39, 0.29) is 17.9 Å². The zero-order valence-electron chi connectivity index (χ0n) is 20.6. The number of para-hydroxylation sites is 1. The molecule has 1 unspecified atom stereocenters. The van der Waals surface area contributed by atoms with Gasteiger partial charge in [0.15, 0.2) is 5.54 Å². The number of Topliss-reactive ketones (excluding diaryl/α,β-unsaturated/α-hetero) is 1. The molecule has 1 N–H and O–H groups in total. The molecule has 1 saturated heterocycles. The number of nitrogens with zero attached hydrogens (tertiary/aromatic N) is 3. The van der Waals surface area contributed by atoms with Gasteiger partial charge in [-0.25, -0.2) is 0 Å². The fourth-order valence-corrected chi connectivity index (χ4v) is 4.93. The summed E-state index contributed by atoms with van der Waals surface area (Å²) in [5.74, 6) is -1.81. The molecule has 2 heterocycles. The molecule has 2 aliphatic rings. The Morgan fingerprint density at radius 3 is 2.31 bits per heavy atom. The van der Waals surface area contributed by atoms with Gasteiger partial charge in [0, 0.05) is 30.8 Å². The van der Waals surface area contributed by atoms with E-state index in [2.05, 4.69) is 0 Å². The fourth-order valence-electron chi connectivity index (χ4n) is 4.93. The van der Waals surface area contributed by atoms with Crippen LogP contribution in [0.15, 0.2) is 54.1 Å². The Labute approximate surface area is 205 Å². The van der Waals surface area contributed by atoms with Crippen molar-refractivity contribution in [1.82, 2.24) is 9.80 Å². The average molecular weight is 478 g/mol. The predicted octanol–water partition coefficient (Wildman–Crippen LogP) is 2.98. The number of fused-ring (bicyclic) bond motifs is 2. The summed E-state index contributed by atoms with van der Waals surface area (Å²) in [4.78, 5) is 46.0. The number of carbonyl (C=O) groups is 3. The van der Waals surface area contributed by atoms with Crippen LogP contribution in [0, 0.1) is 0 Å². The lowest BCUT2D eigenvalue weighted by Gasteiger charge is -2.35. The first-order valence-electron chi connectivity index (χ1n) is 11.9. The van der Waals surface area contributed by atoms with Crippen molar-refractivity contribution < 1.29 is 24.2 Å². The second-order valence-corrected chi connectivity index (χ2v) is 8.95. The molecular formula is C27H31N3O5. The summed E-state index contributed by atoms with van der Waals surface area (Å²) < 4.78 is 5.48. The number of hydrogen-bond donors (Lipinski definition) is 1. The van der Waals surface area contributed by atoms with Gasteiger partial charge in [0.25, 0.3) is 17.6 Å². The number of rotatable bonds is 8. The van der Waals surface area contributed by atoms with E-state index in [0.29, 0.717) is 48.7 Å². The number of aliphatic hydroxyl groups excluding tert-OH is 1. The van der Waals surface area contributed by atoms with Crippen LogP contribution in [0.5, 0.6) is 5.75 Å². The molecule has 0 aliphatic carbocycles. The summed E-state index contributed by atoms with van der Waals surface area (Å²) in [5, 5.41) is 11.5. The Balaban J connectivity index is 1.98. The number of likely N-dealkylation sites (N-methyl/N-ethyl adjacent to an activating group) is 1. The largest absolute Gasteiger partial charge is 0.507 e. The van der Waals surface area contributed by atoms with Gasteiger partial charge in [0.1, 0.15) is 11.5 Å². The van der Waals surface area contributed by atoms with Crippen LogP contribution in [0.4, 0.5) is 5.69 Å². The van der Waals surface area contributed by atoms with Gasteiger partial charge in [-0.2, -0.15) is 0 Å². The van der Waals surface area contributed by atoms with E-state index in [1.807, 2.05) is 45.0 Å². The number of hydrogen-bond acceptors (Lipinski definition) is 6. The second-order valence-electron chi connectivity index (χ2n) is 8.95. The lowest BCUT2D eigenvalue weighted by molar-refractivity contribution is -0.143. The van der Waals surface area contributed by atoms with Crippen LogP contribution < -0.4 is 9.64 Å². The van der Waals surface area contributed by atoms with Crippen LogP contribution in [0.3, 0.4) is 0 Å². The number of benzene rings is 2. The van der Waals surface area contributed by atoms with Gasteiger partial charge in [0.2, 0.25) is 0 Å². The molecule has 0 bridgehead atoms. The average Bonchev–Trinajstić information content (AvgIpc) is 3.22. The molecule has 184 valence electrons. The summed E-state index contributed by atoms with van der Waals surface area (Å²) in [7, 11) is 3.72. The van der Waals surface area contributed by atoms with Gasteiger partial charge >= 0.3 is 0 Å². The standard InChI is InChI=1S/C27H31N3O5/c1-5-15-29-21-10-8-7-9-20(21)27(26(29)34)22(24(32)25(33)30(27)17-16-28(3)4)23(31)18-11-13-19(14-12-18)35-6-2/h7-14,31H,5-6,15-17H2,1-4H3/b23-22-. The number of aliphatic hydroxyl groups is 1. The van der Waals surface area contributed by atoms with Gasteiger partial charge in [-0.3, -0.25) is 14.4 Å². The summed E-state index contributed by atoms with van der Waals surface area (Å²) >= 11 is 0. The zero-order valence-corrected chi connectivity index (χ0v) is 20.6. The fraction of sp³-hybridized carbons (Fsp3) is 0.370. The van der Waals surface area contributed by atoms with Crippen molar-refractivity contribution in [1.29, 1.82) is 0 Å². The van der Waals surface area contributed by atoms with Gasteiger partial charge in [-0.05, 0) is 57.8 Å². The van der Waals surface area contributed by atoms with E-state index < -0.39 is 23.1 Å². The Hall–Kier alpha value is -3.65. The molecule has 0 radical (unpaired) electrons. The zero-order chi connectivity index (χ0) is 25.3. The smallest absolute Gasteiger partial charge is 0.296 e. The molecule has 1 atom stereocenters. The molecule has 8 nitrogen and oxygen atoms in total. The molecule has 1 spiro atoms. The van der Waals surface area contributed by atoms with Gasteiger partial charge in [-0.15, -0.1) is 0 Å². The van der Waals surface area contributed by atoms with Crippen LogP contribution in [0.2, 0.25) is 0 Å². The van der Waals surface area contributed by atoms with E-state index >= 15 is 0 Å².